The van der Waals surface area contributed by atoms with Crippen molar-refractivity contribution in [2.24, 2.45) is 16.9 Å². The van der Waals surface area contributed by atoms with Crippen molar-refractivity contribution in [3.8, 4) is 0 Å². The topological polar surface area (TPSA) is 33.6 Å². The molecule has 0 aromatic rings. The molecule has 1 saturated heterocycles. The molecule has 1 N–H and O–H groups in total. The van der Waals surface area contributed by atoms with Crippen LogP contribution in [-0.2, 0) is 4.74 Å². The van der Waals surface area contributed by atoms with Crippen LogP contribution < -0.4 is 5.43 Å². The minimum absolute atomic E-state index is 0.848. The molecule has 3 heteroatoms. The van der Waals surface area contributed by atoms with Gasteiger partial charge in [-0.2, -0.15) is 5.10 Å². The summed E-state index contributed by atoms with van der Waals surface area (Å²) in [7, 11) is 0. The number of hydrogen-bond donors (Lipinski definition) is 1. The molecule has 2 fully saturated rings. The number of hydrazone groups is 1. The van der Waals surface area contributed by atoms with Gasteiger partial charge in [-0.15, -0.1) is 0 Å². The van der Waals surface area contributed by atoms with Crippen molar-refractivity contribution in [2.45, 2.75) is 26.2 Å². The lowest BCUT2D eigenvalue weighted by Crippen LogP contribution is -2.20. The second kappa shape index (κ2) is 4.09. The molecular weight excluding hydrogens is 164 g/mol. The number of nitrogens with zero attached hydrogens (tertiary/aromatic N) is 1. The van der Waals surface area contributed by atoms with Crippen molar-refractivity contribution in [1.82, 2.24) is 5.43 Å². The molecule has 2 unspecified atom stereocenters. The maximum absolute atomic E-state index is 5.25. The van der Waals surface area contributed by atoms with Crippen molar-refractivity contribution >= 4 is 5.71 Å². The summed E-state index contributed by atoms with van der Waals surface area (Å²) in [4.78, 5) is 0. The van der Waals surface area contributed by atoms with Crippen LogP contribution in [0, 0.1) is 11.8 Å². The summed E-state index contributed by atoms with van der Waals surface area (Å²) in [6.07, 6.45) is 3.39. The van der Waals surface area contributed by atoms with Gasteiger partial charge in [0.05, 0.1) is 13.2 Å². The maximum atomic E-state index is 5.25. The van der Waals surface area contributed by atoms with Crippen LogP contribution in [0.1, 0.15) is 26.2 Å². The highest BCUT2D eigenvalue weighted by Crippen LogP contribution is 2.36. The van der Waals surface area contributed by atoms with Gasteiger partial charge in [-0.25, -0.2) is 0 Å². The van der Waals surface area contributed by atoms with Crippen LogP contribution in [-0.4, -0.2) is 25.5 Å². The average molecular weight is 182 g/mol. The molecule has 0 aromatic heterocycles. The van der Waals surface area contributed by atoms with Crippen LogP contribution in [0.25, 0.3) is 0 Å². The number of ether oxygens (including phenoxy) is 1. The smallest absolute Gasteiger partial charge is 0.0519 e. The highest BCUT2D eigenvalue weighted by molar-refractivity contribution is 5.84. The lowest BCUT2D eigenvalue weighted by Gasteiger charge is -2.13. The van der Waals surface area contributed by atoms with Crippen molar-refractivity contribution in [2.75, 3.05) is 19.8 Å². The Morgan fingerprint density at radius 1 is 1.46 bits per heavy atom. The van der Waals surface area contributed by atoms with E-state index < -0.39 is 0 Å². The first-order chi connectivity index (χ1) is 6.36. The molecule has 0 bridgehead atoms. The van der Waals surface area contributed by atoms with Crippen molar-refractivity contribution < 1.29 is 4.74 Å². The molecule has 1 aliphatic heterocycles. The summed E-state index contributed by atoms with van der Waals surface area (Å²) in [5, 5.41) is 4.38. The second-order valence-corrected chi connectivity index (χ2v) is 4.13. The molecule has 1 saturated carbocycles. The van der Waals surface area contributed by atoms with Gasteiger partial charge >= 0.3 is 0 Å². The van der Waals surface area contributed by atoms with Gasteiger partial charge in [-0.3, -0.25) is 0 Å². The minimum atomic E-state index is 0.848. The van der Waals surface area contributed by atoms with E-state index in [9.17, 15) is 0 Å². The minimum Gasteiger partial charge on any atom is -0.381 e. The molecule has 2 atom stereocenters. The van der Waals surface area contributed by atoms with Crippen LogP contribution in [0.5, 0.6) is 0 Å². The van der Waals surface area contributed by atoms with E-state index in [0.717, 1.165) is 44.4 Å². The van der Waals surface area contributed by atoms with Crippen molar-refractivity contribution in [3.63, 3.8) is 0 Å². The molecule has 0 amide bonds. The molecule has 2 rings (SSSR count). The number of rotatable bonds is 3. The normalized spacial score (nSPS) is 32.8. The predicted molar refractivity (Wildman–Crippen MR) is 52.8 cm³/mol. The van der Waals surface area contributed by atoms with E-state index in [1.54, 1.807) is 0 Å². The fraction of sp³-hybridized carbons (Fsp3) is 0.900. The molecule has 0 radical (unpaired) electrons. The van der Waals surface area contributed by atoms with E-state index in [1.165, 1.54) is 12.1 Å². The number of nitrogens with one attached hydrogen (secondary N) is 1. The van der Waals surface area contributed by atoms with Gasteiger partial charge in [-0.05, 0) is 18.3 Å². The van der Waals surface area contributed by atoms with Crippen LogP contribution in [0.3, 0.4) is 0 Å². The second-order valence-electron chi connectivity index (χ2n) is 4.13. The molecular formula is C10H18N2O. The monoisotopic (exact) mass is 182 g/mol. The van der Waals surface area contributed by atoms with E-state index in [4.69, 9.17) is 4.74 Å². The lowest BCUT2D eigenvalue weighted by atomic mass is 10.2. The molecule has 1 heterocycles. The predicted octanol–water partition coefficient (Wildman–Crippen LogP) is 1.40. The molecule has 3 nitrogen and oxygen atoms in total. The summed E-state index contributed by atoms with van der Waals surface area (Å²) in [5.41, 5.74) is 4.46. The van der Waals surface area contributed by atoms with Gasteiger partial charge in [0.25, 0.3) is 0 Å². The highest BCUT2D eigenvalue weighted by atomic mass is 16.5. The molecule has 74 valence electrons. The molecule has 1 aliphatic carbocycles. The lowest BCUT2D eigenvalue weighted by molar-refractivity contribution is 0.134. The van der Waals surface area contributed by atoms with Gasteiger partial charge < -0.3 is 10.2 Å². The first-order valence-electron chi connectivity index (χ1n) is 5.22. The Balaban J connectivity index is 1.64. The standard InChI is InChI=1S/C10H18N2O/c1-8-6-9(8)7-11-12-10-2-4-13-5-3-10/h8-9,11H,2-7H2,1H3. The first-order valence-corrected chi connectivity index (χ1v) is 5.22. The summed E-state index contributed by atoms with van der Waals surface area (Å²) in [6, 6.07) is 0. The third-order valence-electron chi connectivity index (χ3n) is 2.94. The summed E-state index contributed by atoms with van der Waals surface area (Å²) in [6.45, 7) is 5.06. The Morgan fingerprint density at radius 3 is 2.77 bits per heavy atom. The first kappa shape index (κ1) is 9.00. The fourth-order valence-corrected chi connectivity index (χ4v) is 1.68. The van der Waals surface area contributed by atoms with Crippen LogP contribution in [0.4, 0.5) is 0 Å². The third kappa shape index (κ3) is 2.69. The SMILES string of the molecule is CC1CC1CNN=C1CCOCC1. The largest absolute Gasteiger partial charge is 0.381 e. The zero-order valence-corrected chi connectivity index (χ0v) is 8.25. The van der Waals surface area contributed by atoms with E-state index in [-0.39, 0.29) is 0 Å². The van der Waals surface area contributed by atoms with Crippen LogP contribution in [0.15, 0.2) is 5.10 Å². The zero-order valence-electron chi connectivity index (χ0n) is 8.25. The zero-order chi connectivity index (χ0) is 9.10. The van der Waals surface area contributed by atoms with Crippen molar-refractivity contribution in [3.05, 3.63) is 0 Å². The summed E-state index contributed by atoms with van der Waals surface area (Å²) < 4.78 is 5.25. The average Bonchev–Trinajstić information content (AvgIpc) is 2.84. The Bertz CT molecular complexity index is 195. The molecule has 13 heavy (non-hydrogen) atoms. The van der Waals surface area contributed by atoms with E-state index in [1.807, 2.05) is 0 Å². The molecule has 2 aliphatic rings. The van der Waals surface area contributed by atoms with E-state index in [0.29, 0.717) is 0 Å². The van der Waals surface area contributed by atoms with Gasteiger partial charge in [-0.1, -0.05) is 6.92 Å². The van der Waals surface area contributed by atoms with Crippen molar-refractivity contribution in [1.29, 1.82) is 0 Å². The van der Waals surface area contributed by atoms with E-state index in [2.05, 4.69) is 17.5 Å². The third-order valence-corrected chi connectivity index (χ3v) is 2.94. The Labute approximate surface area is 79.5 Å². The fourth-order valence-electron chi connectivity index (χ4n) is 1.68. The molecule has 0 aromatic carbocycles. The Morgan fingerprint density at radius 2 is 2.15 bits per heavy atom. The van der Waals surface area contributed by atoms with Crippen LogP contribution >= 0.6 is 0 Å². The van der Waals surface area contributed by atoms with E-state index >= 15 is 0 Å². The molecule has 0 spiro atoms. The highest BCUT2D eigenvalue weighted by Gasteiger charge is 2.31. The Kier molecular flexibility index (Phi) is 2.83. The van der Waals surface area contributed by atoms with Gasteiger partial charge in [0, 0.05) is 25.1 Å². The van der Waals surface area contributed by atoms with Gasteiger partial charge in [0.15, 0.2) is 0 Å². The van der Waals surface area contributed by atoms with Crippen LogP contribution in [0.2, 0.25) is 0 Å². The summed E-state index contributed by atoms with van der Waals surface area (Å²) >= 11 is 0. The number of hydrogen-bond acceptors (Lipinski definition) is 3. The van der Waals surface area contributed by atoms with Gasteiger partial charge in [0.2, 0.25) is 0 Å². The Hall–Kier alpha value is -0.570. The summed E-state index contributed by atoms with van der Waals surface area (Å²) in [5.74, 6) is 1.80. The van der Waals surface area contributed by atoms with Gasteiger partial charge in [0.1, 0.15) is 0 Å². The maximum Gasteiger partial charge on any atom is 0.0519 e. The quantitative estimate of drug-likeness (QED) is 0.669.